The van der Waals surface area contributed by atoms with Gasteiger partial charge >= 0.3 is 0 Å². The third kappa shape index (κ3) is 1.80. The average Bonchev–Trinajstić information content (AvgIpc) is 2.43. The third-order valence-corrected chi connectivity index (χ3v) is 2.69. The van der Waals surface area contributed by atoms with Crippen LogP contribution in [0.2, 0.25) is 0 Å². The van der Waals surface area contributed by atoms with Gasteiger partial charge in [0.05, 0.1) is 16.6 Å². The second kappa shape index (κ2) is 4.45. The molecule has 0 saturated heterocycles. The summed E-state index contributed by atoms with van der Waals surface area (Å²) in [5.41, 5.74) is 3.40. The van der Waals surface area contributed by atoms with E-state index in [-0.39, 0.29) is 0 Å². The van der Waals surface area contributed by atoms with E-state index in [2.05, 4.69) is 16.5 Å². The molecule has 3 aromatic rings. The summed E-state index contributed by atoms with van der Waals surface area (Å²) in [6, 6.07) is 13.6. The number of ether oxygens (including phenoxy) is 1. The molecule has 1 aromatic heterocycles. The summed E-state index contributed by atoms with van der Waals surface area (Å²) < 4.78 is 5.60. The van der Waals surface area contributed by atoms with Crippen LogP contribution in [0.25, 0.3) is 22.1 Å². The van der Waals surface area contributed by atoms with Crippen LogP contribution in [0, 0.1) is 0 Å². The number of hydrogen-bond donors (Lipinski definition) is 0. The zero-order valence-electron chi connectivity index (χ0n) is 9.84. The van der Waals surface area contributed by atoms with E-state index in [1.54, 1.807) is 6.08 Å². The minimum Gasteiger partial charge on any atom is -0.487 e. The lowest BCUT2D eigenvalue weighted by Crippen LogP contribution is -1.96. The summed E-state index contributed by atoms with van der Waals surface area (Å²) in [4.78, 5) is 9.19. The molecule has 2 aromatic carbocycles. The summed E-state index contributed by atoms with van der Waals surface area (Å²) in [6.45, 7) is 4.11. The molecule has 0 fully saturated rings. The van der Waals surface area contributed by atoms with E-state index < -0.39 is 0 Å². The predicted octanol–water partition coefficient (Wildman–Crippen LogP) is 3.35. The second-order valence-electron chi connectivity index (χ2n) is 3.94. The molecule has 88 valence electrons. The molecule has 3 rings (SSSR count). The Hall–Kier alpha value is -2.42. The third-order valence-electron chi connectivity index (χ3n) is 2.69. The maximum absolute atomic E-state index is 5.60. The fourth-order valence-corrected chi connectivity index (χ4v) is 1.88. The molecule has 0 atom stereocenters. The van der Waals surface area contributed by atoms with Crippen molar-refractivity contribution >= 4 is 22.1 Å². The van der Waals surface area contributed by atoms with Crippen LogP contribution in [0.3, 0.4) is 0 Å². The summed E-state index contributed by atoms with van der Waals surface area (Å²) in [6.07, 6.45) is 1.72. The van der Waals surface area contributed by atoms with Crippen molar-refractivity contribution in [2.24, 2.45) is 0 Å². The van der Waals surface area contributed by atoms with Gasteiger partial charge in [-0.05, 0) is 24.3 Å². The van der Waals surface area contributed by atoms with Crippen molar-refractivity contribution in [2.45, 2.75) is 0 Å². The van der Waals surface area contributed by atoms with Crippen LogP contribution < -0.4 is 4.74 Å². The minimum atomic E-state index is 0.466. The molecule has 3 heteroatoms. The van der Waals surface area contributed by atoms with Crippen molar-refractivity contribution in [1.29, 1.82) is 0 Å². The van der Waals surface area contributed by atoms with Gasteiger partial charge in [-0.1, -0.05) is 30.9 Å². The molecule has 0 N–H and O–H groups in total. The normalized spacial score (nSPS) is 10.7. The molecule has 0 saturated carbocycles. The van der Waals surface area contributed by atoms with Crippen molar-refractivity contribution < 1.29 is 4.74 Å². The number of rotatable bonds is 3. The first-order chi connectivity index (χ1) is 8.88. The van der Waals surface area contributed by atoms with E-state index in [1.807, 2.05) is 42.5 Å². The molecule has 0 bridgehead atoms. The van der Waals surface area contributed by atoms with Crippen LogP contribution in [0.5, 0.6) is 5.75 Å². The first-order valence-corrected chi connectivity index (χ1v) is 5.78. The SMILES string of the molecule is C=CCOc1cccc2nc3ccccc3nc12. The van der Waals surface area contributed by atoms with Crippen molar-refractivity contribution in [2.75, 3.05) is 6.61 Å². The molecular weight excluding hydrogens is 224 g/mol. The smallest absolute Gasteiger partial charge is 0.147 e. The standard InChI is InChI=1S/C15H12N2O/c1-2-10-18-14-9-5-8-13-15(14)17-12-7-4-3-6-11(12)16-13/h2-9H,1,10H2. The largest absolute Gasteiger partial charge is 0.487 e. The first-order valence-electron chi connectivity index (χ1n) is 5.78. The van der Waals surface area contributed by atoms with Crippen molar-refractivity contribution in [3.63, 3.8) is 0 Å². The Balaban J connectivity index is 2.25. The fraction of sp³-hybridized carbons (Fsp3) is 0.0667. The van der Waals surface area contributed by atoms with Gasteiger partial charge in [-0.2, -0.15) is 0 Å². The zero-order chi connectivity index (χ0) is 12.4. The lowest BCUT2D eigenvalue weighted by atomic mass is 10.2. The zero-order valence-corrected chi connectivity index (χ0v) is 9.84. The van der Waals surface area contributed by atoms with Crippen LogP contribution in [-0.4, -0.2) is 16.6 Å². The minimum absolute atomic E-state index is 0.466. The van der Waals surface area contributed by atoms with E-state index in [1.165, 1.54) is 0 Å². The number of fused-ring (bicyclic) bond motifs is 2. The Morgan fingerprint density at radius 3 is 2.44 bits per heavy atom. The lowest BCUT2D eigenvalue weighted by Gasteiger charge is -2.07. The van der Waals surface area contributed by atoms with E-state index >= 15 is 0 Å². The Morgan fingerprint density at radius 2 is 1.67 bits per heavy atom. The highest BCUT2D eigenvalue weighted by Crippen LogP contribution is 2.24. The Bertz CT molecular complexity index is 722. The van der Waals surface area contributed by atoms with Crippen molar-refractivity contribution in [3.8, 4) is 5.75 Å². The van der Waals surface area contributed by atoms with Crippen LogP contribution in [0.1, 0.15) is 0 Å². The molecule has 0 aliphatic heterocycles. The highest BCUT2D eigenvalue weighted by Gasteiger charge is 2.06. The molecule has 0 radical (unpaired) electrons. The van der Waals surface area contributed by atoms with Gasteiger partial charge in [0.15, 0.2) is 0 Å². The molecule has 0 aliphatic rings. The van der Waals surface area contributed by atoms with E-state index in [9.17, 15) is 0 Å². The van der Waals surface area contributed by atoms with Gasteiger partial charge in [-0.25, -0.2) is 9.97 Å². The Kier molecular flexibility index (Phi) is 2.65. The van der Waals surface area contributed by atoms with Gasteiger partial charge in [0.2, 0.25) is 0 Å². The summed E-state index contributed by atoms with van der Waals surface area (Å²) in [5, 5.41) is 0. The van der Waals surface area contributed by atoms with Gasteiger partial charge in [-0.15, -0.1) is 0 Å². The molecule has 0 spiro atoms. The van der Waals surface area contributed by atoms with Crippen LogP contribution in [0.15, 0.2) is 55.1 Å². The number of para-hydroxylation sites is 3. The van der Waals surface area contributed by atoms with E-state index in [0.717, 1.165) is 27.8 Å². The monoisotopic (exact) mass is 236 g/mol. The van der Waals surface area contributed by atoms with Gasteiger partial charge in [-0.3, -0.25) is 0 Å². The van der Waals surface area contributed by atoms with Gasteiger partial charge in [0.1, 0.15) is 17.9 Å². The van der Waals surface area contributed by atoms with Gasteiger partial charge in [0, 0.05) is 0 Å². The topological polar surface area (TPSA) is 35.0 Å². The maximum atomic E-state index is 5.60. The van der Waals surface area contributed by atoms with Crippen LogP contribution >= 0.6 is 0 Å². The molecule has 0 amide bonds. The van der Waals surface area contributed by atoms with E-state index in [0.29, 0.717) is 6.61 Å². The lowest BCUT2D eigenvalue weighted by molar-refractivity contribution is 0.367. The molecule has 1 heterocycles. The molecule has 0 aliphatic carbocycles. The maximum Gasteiger partial charge on any atom is 0.147 e. The molecule has 18 heavy (non-hydrogen) atoms. The number of benzene rings is 2. The quantitative estimate of drug-likeness (QED) is 0.516. The van der Waals surface area contributed by atoms with Gasteiger partial charge < -0.3 is 4.74 Å². The molecule has 0 unspecified atom stereocenters. The van der Waals surface area contributed by atoms with Crippen molar-refractivity contribution in [1.82, 2.24) is 9.97 Å². The summed E-state index contributed by atoms with van der Waals surface area (Å²) >= 11 is 0. The Labute approximate surface area is 105 Å². The van der Waals surface area contributed by atoms with Crippen LogP contribution in [0.4, 0.5) is 0 Å². The van der Waals surface area contributed by atoms with Crippen LogP contribution in [-0.2, 0) is 0 Å². The second-order valence-corrected chi connectivity index (χ2v) is 3.94. The highest BCUT2D eigenvalue weighted by molar-refractivity contribution is 5.89. The molecule has 3 nitrogen and oxygen atoms in total. The number of nitrogens with zero attached hydrogens (tertiary/aromatic N) is 2. The predicted molar refractivity (Wildman–Crippen MR) is 72.7 cm³/mol. The first kappa shape index (κ1) is 10.7. The average molecular weight is 236 g/mol. The summed E-state index contributed by atoms with van der Waals surface area (Å²) in [5.74, 6) is 0.741. The highest BCUT2D eigenvalue weighted by atomic mass is 16.5. The summed E-state index contributed by atoms with van der Waals surface area (Å²) in [7, 11) is 0. The van der Waals surface area contributed by atoms with Crippen molar-refractivity contribution in [3.05, 3.63) is 55.1 Å². The fourth-order valence-electron chi connectivity index (χ4n) is 1.88. The molecular formula is C15H12N2O. The van der Waals surface area contributed by atoms with Gasteiger partial charge in [0.25, 0.3) is 0 Å². The van der Waals surface area contributed by atoms with E-state index in [4.69, 9.17) is 4.74 Å². The number of aromatic nitrogens is 2. The number of hydrogen-bond acceptors (Lipinski definition) is 3. The Morgan fingerprint density at radius 1 is 0.944 bits per heavy atom.